The van der Waals surface area contributed by atoms with Gasteiger partial charge in [-0.15, -0.1) is 0 Å². The summed E-state index contributed by atoms with van der Waals surface area (Å²) in [6.45, 7) is 2.98. The van der Waals surface area contributed by atoms with Crippen LogP contribution in [0, 0.1) is 5.82 Å². The maximum absolute atomic E-state index is 13.5. The first-order valence-electron chi connectivity index (χ1n) is 6.58. The first-order valence-corrected chi connectivity index (χ1v) is 8.06. The summed E-state index contributed by atoms with van der Waals surface area (Å²) in [4.78, 5) is 5.79. The molecule has 0 aromatic carbocycles. The van der Waals surface area contributed by atoms with Crippen LogP contribution in [0.3, 0.4) is 0 Å². The second-order valence-electron chi connectivity index (χ2n) is 4.82. The number of rotatable bonds is 5. The molecule has 0 bridgehead atoms. The molecule has 112 valence electrons. The van der Waals surface area contributed by atoms with Crippen LogP contribution in [0.1, 0.15) is 12.8 Å². The summed E-state index contributed by atoms with van der Waals surface area (Å²) < 4.78 is 40.2. The van der Waals surface area contributed by atoms with Crippen molar-refractivity contribution in [2.75, 3.05) is 26.2 Å². The fourth-order valence-electron chi connectivity index (χ4n) is 2.30. The molecule has 2 heterocycles. The molecule has 20 heavy (non-hydrogen) atoms. The summed E-state index contributed by atoms with van der Waals surface area (Å²) in [5, 5.41) is -0.538. The molecule has 3 N–H and O–H groups in total. The number of sulfonamides is 1. The standard InChI is InChI=1S/C12H19FN4O2S/c13-11-2-1-6-15-12(11)20(18,19)16-10-3-7-17(8-4-10)9-5-14/h1-2,6,10,16H,3-5,7-9,14H2. The van der Waals surface area contributed by atoms with Gasteiger partial charge in [-0.1, -0.05) is 0 Å². The van der Waals surface area contributed by atoms with Gasteiger partial charge in [0.05, 0.1) is 0 Å². The van der Waals surface area contributed by atoms with Crippen LogP contribution in [0.15, 0.2) is 23.4 Å². The third kappa shape index (κ3) is 3.72. The first kappa shape index (κ1) is 15.3. The van der Waals surface area contributed by atoms with Gasteiger partial charge in [0.1, 0.15) is 0 Å². The fraction of sp³-hybridized carbons (Fsp3) is 0.583. The largest absolute Gasteiger partial charge is 0.329 e. The van der Waals surface area contributed by atoms with E-state index in [1.165, 1.54) is 12.3 Å². The second kappa shape index (κ2) is 6.57. The Bertz CT molecular complexity index is 544. The summed E-state index contributed by atoms with van der Waals surface area (Å²) in [5.74, 6) is -0.833. The van der Waals surface area contributed by atoms with Gasteiger partial charge >= 0.3 is 0 Å². The average molecular weight is 302 g/mol. The Morgan fingerprint density at radius 3 is 2.75 bits per heavy atom. The molecule has 1 aromatic heterocycles. The Hall–Kier alpha value is -1.09. The summed E-state index contributed by atoms with van der Waals surface area (Å²) in [6, 6.07) is 2.26. The highest BCUT2D eigenvalue weighted by Gasteiger charge is 2.27. The smallest absolute Gasteiger partial charge is 0.261 e. The average Bonchev–Trinajstić information content (AvgIpc) is 2.41. The van der Waals surface area contributed by atoms with E-state index < -0.39 is 20.9 Å². The van der Waals surface area contributed by atoms with Crippen LogP contribution in [0.2, 0.25) is 0 Å². The lowest BCUT2D eigenvalue weighted by Crippen LogP contribution is -2.45. The predicted molar refractivity (Wildman–Crippen MR) is 73.0 cm³/mol. The molecule has 1 aromatic rings. The number of pyridine rings is 1. The van der Waals surface area contributed by atoms with Crippen LogP contribution in [0.25, 0.3) is 0 Å². The van der Waals surface area contributed by atoms with Crippen molar-refractivity contribution < 1.29 is 12.8 Å². The van der Waals surface area contributed by atoms with E-state index in [1.807, 2.05) is 0 Å². The summed E-state index contributed by atoms with van der Waals surface area (Å²) in [5.41, 5.74) is 5.49. The number of nitrogens with one attached hydrogen (secondary N) is 1. The fourth-order valence-corrected chi connectivity index (χ4v) is 3.61. The van der Waals surface area contributed by atoms with Gasteiger partial charge in [0.25, 0.3) is 10.0 Å². The molecule has 8 heteroatoms. The quantitative estimate of drug-likeness (QED) is 0.794. The van der Waals surface area contributed by atoms with Crippen LogP contribution < -0.4 is 10.5 Å². The van der Waals surface area contributed by atoms with E-state index in [4.69, 9.17) is 5.73 Å². The highest BCUT2D eigenvalue weighted by molar-refractivity contribution is 7.89. The van der Waals surface area contributed by atoms with E-state index >= 15 is 0 Å². The van der Waals surface area contributed by atoms with Crippen molar-refractivity contribution >= 4 is 10.0 Å². The second-order valence-corrected chi connectivity index (χ2v) is 6.45. The number of nitrogens with two attached hydrogens (primary N) is 1. The highest BCUT2D eigenvalue weighted by Crippen LogP contribution is 2.15. The maximum Gasteiger partial charge on any atom is 0.261 e. The van der Waals surface area contributed by atoms with Gasteiger partial charge in [0.15, 0.2) is 5.82 Å². The molecule has 1 fully saturated rings. The predicted octanol–water partition coefficient (Wildman–Crippen LogP) is -0.0779. The van der Waals surface area contributed by atoms with E-state index in [-0.39, 0.29) is 6.04 Å². The SMILES string of the molecule is NCCN1CCC(NS(=O)(=O)c2ncccc2F)CC1. The Morgan fingerprint density at radius 2 is 2.15 bits per heavy atom. The van der Waals surface area contributed by atoms with Crippen molar-refractivity contribution in [2.24, 2.45) is 5.73 Å². The third-order valence-corrected chi connectivity index (χ3v) is 4.79. The zero-order chi connectivity index (χ0) is 14.6. The lowest BCUT2D eigenvalue weighted by molar-refractivity contribution is 0.212. The first-order chi connectivity index (χ1) is 9.53. The van der Waals surface area contributed by atoms with Gasteiger partial charge in [-0.05, 0) is 38.1 Å². The molecule has 0 atom stereocenters. The van der Waals surface area contributed by atoms with Crippen molar-refractivity contribution in [3.05, 3.63) is 24.1 Å². The summed E-state index contributed by atoms with van der Waals surface area (Å²) in [7, 11) is -3.90. The molecule has 0 spiro atoms. The minimum absolute atomic E-state index is 0.185. The molecule has 1 aliphatic heterocycles. The number of aromatic nitrogens is 1. The Balaban J connectivity index is 1.99. The minimum Gasteiger partial charge on any atom is -0.329 e. The van der Waals surface area contributed by atoms with E-state index in [9.17, 15) is 12.8 Å². The monoisotopic (exact) mass is 302 g/mol. The van der Waals surface area contributed by atoms with E-state index in [0.29, 0.717) is 19.4 Å². The van der Waals surface area contributed by atoms with Crippen LogP contribution in [0.5, 0.6) is 0 Å². The number of nitrogens with zero attached hydrogens (tertiary/aromatic N) is 2. The molecule has 1 saturated heterocycles. The molecule has 6 nitrogen and oxygen atoms in total. The number of halogens is 1. The van der Waals surface area contributed by atoms with E-state index in [2.05, 4.69) is 14.6 Å². The van der Waals surface area contributed by atoms with E-state index in [1.54, 1.807) is 0 Å². The maximum atomic E-state index is 13.5. The lowest BCUT2D eigenvalue weighted by atomic mass is 10.1. The van der Waals surface area contributed by atoms with Crippen molar-refractivity contribution in [1.82, 2.24) is 14.6 Å². The van der Waals surface area contributed by atoms with Crippen molar-refractivity contribution in [2.45, 2.75) is 23.9 Å². The van der Waals surface area contributed by atoms with Crippen LogP contribution in [0.4, 0.5) is 4.39 Å². The molecule has 2 rings (SSSR count). The molecular formula is C12H19FN4O2S. The zero-order valence-electron chi connectivity index (χ0n) is 11.1. The van der Waals surface area contributed by atoms with Gasteiger partial charge in [-0.2, -0.15) is 0 Å². The van der Waals surface area contributed by atoms with Gasteiger partial charge < -0.3 is 10.6 Å². The lowest BCUT2D eigenvalue weighted by Gasteiger charge is -2.31. The molecule has 0 radical (unpaired) electrons. The van der Waals surface area contributed by atoms with Crippen LogP contribution >= 0.6 is 0 Å². The Morgan fingerprint density at radius 1 is 1.45 bits per heavy atom. The van der Waals surface area contributed by atoms with Crippen molar-refractivity contribution in [3.8, 4) is 0 Å². The molecule has 1 aliphatic rings. The summed E-state index contributed by atoms with van der Waals surface area (Å²) >= 11 is 0. The van der Waals surface area contributed by atoms with Gasteiger partial charge in [-0.25, -0.2) is 22.5 Å². The Kier molecular flexibility index (Phi) is 5.03. The molecular weight excluding hydrogens is 283 g/mol. The third-order valence-electron chi connectivity index (χ3n) is 3.33. The van der Waals surface area contributed by atoms with Gasteiger partial charge in [-0.3, -0.25) is 0 Å². The van der Waals surface area contributed by atoms with Crippen molar-refractivity contribution in [3.63, 3.8) is 0 Å². The molecule has 0 saturated carbocycles. The topological polar surface area (TPSA) is 88.3 Å². The molecule has 0 amide bonds. The molecule has 0 unspecified atom stereocenters. The number of piperidine rings is 1. The number of hydrogen-bond donors (Lipinski definition) is 2. The number of likely N-dealkylation sites (tertiary alicyclic amines) is 1. The van der Waals surface area contributed by atoms with Crippen molar-refractivity contribution in [1.29, 1.82) is 0 Å². The number of hydrogen-bond acceptors (Lipinski definition) is 5. The minimum atomic E-state index is -3.90. The molecule has 0 aliphatic carbocycles. The normalized spacial score (nSPS) is 18.3. The van der Waals surface area contributed by atoms with Gasteiger partial charge in [0.2, 0.25) is 5.03 Å². The van der Waals surface area contributed by atoms with E-state index in [0.717, 1.165) is 25.7 Å². The van der Waals surface area contributed by atoms with Gasteiger partial charge in [0, 0.05) is 25.3 Å². The van der Waals surface area contributed by atoms with Crippen LogP contribution in [-0.4, -0.2) is 50.5 Å². The summed E-state index contributed by atoms with van der Waals surface area (Å²) in [6.07, 6.45) is 2.64. The highest BCUT2D eigenvalue weighted by atomic mass is 32.2. The van der Waals surface area contributed by atoms with Crippen LogP contribution in [-0.2, 0) is 10.0 Å². The zero-order valence-corrected chi connectivity index (χ0v) is 11.9. The Labute approximate surface area is 118 Å².